The van der Waals surface area contributed by atoms with Crippen LogP contribution in [-0.4, -0.2) is 34.3 Å². The summed E-state index contributed by atoms with van der Waals surface area (Å²) in [5, 5.41) is 0. The second-order valence-corrected chi connectivity index (χ2v) is 6.10. The van der Waals surface area contributed by atoms with Crippen molar-refractivity contribution in [2.75, 3.05) is 19.0 Å². The van der Waals surface area contributed by atoms with Crippen molar-refractivity contribution in [1.29, 1.82) is 0 Å². The molecule has 116 valence electrons. The van der Waals surface area contributed by atoms with Crippen molar-refractivity contribution in [3.05, 3.63) is 65.6 Å². The molecule has 2 aromatic heterocycles. The fourth-order valence-electron chi connectivity index (χ4n) is 2.99. The van der Waals surface area contributed by atoms with E-state index in [1.807, 2.05) is 65.0 Å². The monoisotopic (exact) mass is 306 g/mol. The van der Waals surface area contributed by atoms with Crippen molar-refractivity contribution < 1.29 is 4.79 Å². The third-order valence-electron chi connectivity index (χ3n) is 4.30. The van der Waals surface area contributed by atoms with E-state index in [0.29, 0.717) is 18.8 Å². The van der Waals surface area contributed by atoms with Gasteiger partial charge in [-0.3, -0.25) is 4.79 Å². The van der Waals surface area contributed by atoms with Crippen LogP contribution in [0.1, 0.15) is 21.6 Å². The lowest BCUT2D eigenvalue weighted by molar-refractivity contribution is 0.0746. The zero-order valence-electron chi connectivity index (χ0n) is 13.2. The quantitative estimate of drug-likeness (QED) is 0.730. The van der Waals surface area contributed by atoms with E-state index in [4.69, 9.17) is 0 Å². The number of benzene rings is 1. The smallest absolute Gasteiger partial charge is 0.274 e. The van der Waals surface area contributed by atoms with Gasteiger partial charge in [0.1, 0.15) is 11.3 Å². The molecule has 1 aliphatic rings. The standard InChI is InChI=1S/C18H18N4O/c1-20(2)15-7-8-17-19-16(12-21(17)11-15)18(23)22-9-13-5-3-4-6-14(13)10-22/h3-8,11-12H,9-10H2,1-2H3. The van der Waals surface area contributed by atoms with Gasteiger partial charge in [0.05, 0.1) is 5.69 Å². The maximum absolute atomic E-state index is 12.7. The van der Waals surface area contributed by atoms with Gasteiger partial charge in [-0.1, -0.05) is 24.3 Å². The van der Waals surface area contributed by atoms with Crippen molar-refractivity contribution in [1.82, 2.24) is 14.3 Å². The molecule has 0 radical (unpaired) electrons. The first-order valence-corrected chi connectivity index (χ1v) is 7.64. The molecule has 0 spiro atoms. The lowest BCUT2D eigenvalue weighted by Gasteiger charge is -2.13. The summed E-state index contributed by atoms with van der Waals surface area (Å²) in [6, 6.07) is 12.1. The summed E-state index contributed by atoms with van der Waals surface area (Å²) in [7, 11) is 3.98. The second kappa shape index (κ2) is 5.12. The summed E-state index contributed by atoms with van der Waals surface area (Å²) in [5.41, 5.74) is 4.80. The highest BCUT2D eigenvalue weighted by Crippen LogP contribution is 2.24. The lowest BCUT2D eigenvalue weighted by atomic mass is 10.1. The number of hydrogen-bond acceptors (Lipinski definition) is 3. The SMILES string of the molecule is CN(C)c1ccc2nc(C(=O)N3Cc4ccccc4C3)cn2c1. The highest BCUT2D eigenvalue weighted by Gasteiger charge is 2.25. The molecule has 5 heteroatoms. The van der Waals surface area contributed by atoms with Gasteiger partial charge in [-0.25, -0.2) is 4.98 Å². The summed E-state index contributed by atoms with van der Waals surface area (Å²) in [5.74, 6) is -0.0173. The van der Waals surface area contributed by atoms with E-state index in [2.05, 4.69) is 17.1 Å². The number of carbonyl (C=O) groups excluding carboxylic acids is 1. The van der Waals surface area contributed by atoms with E-state index >= 15 is 0 Å². The van der Waals surface area contributed by atoms with E-state index in [1.54, 1.807) is 0 Å². The van der Waals surface area contributed by atoms with Crippen LogP contribution in [0.2, 0.25) is 0 Å². The highest BCUT2D eigenvalue weighted by molar-refractivity contribution is 5.93. The number of nitrogens with zero attached hydrogens (tertiary/aromatic N) is 4. The predicted molar refractivity (Wildman–Crippen MR) is 89.5 cm³/mol. The molecule has 1 aromatic carbocycles. The first-order chi connectivity index (χ1) is 11.1. The van der Waals surface area contributed by atoms with Gasteiger partial charge < -0.3 is 14.2 Å². The van der Waals surface area contributed by atoms with Crippen molar-refractivity contribution >= 4 is 17.2 Å². The molecule has 0 unspecified atom stereocenters. The van der Waals surface area contributed by atoms with Crippen LogP contribution in [-0.2, 0) is 13.1 Å². The van der Waals surface area contributed by atoms with Crippen LogP contribution in [0, 0.1) is 0 Å². The van der Waals surface area contributed by atoms with E-state index in [-0.39, 0.29) is 5.91 Å². The minimum atomic E-state index is -0.0173. The summed E-state index contributed by atoms with van der Waals surface area (Å²) in [6.45, 7) is 1.32. The van der Waals surface area contributed by atoms with Crippen LogP contribution in [0.4, 0.5) is 5.69 Å². The molecule has 0 saturated carbocycles. The first kappa shape index (κ1) is 13.8. The van der Waals surface area contributed by atoms with Crippen LogP contribution in [0.15, 0.2) is 48.8 Å². The van der Waals surface area contributed by atoms with Gasteiger partial charge in [0.25, 0.3) is 5.91 Å². The Labute approximate surface area is 134 Å². The summed E-state index contributed by atoms with van der Waals surface area (Å²) >= 11 is 0. The predicted octanol–water partition coefficient (Wildman–Crippen LogP) is 2.56. The van der Waals surface area contributed by atoms with Gasteiger partial charge >= 0.3 is 0 Å². The molecule has 0 N–H and O–H groups in total. The molecule has 23 heavy (non-hydrogen) atoms. The number of amides is 1. The Hall–Kier alpha value is -2.82. The second-order valence-electron chi connectivity index (χ2n) is 6.10. The number of imidazole rings is 1. The third kappa shape index (κ3) is 2.34. The van der Waals surface area contributed by atoms with Crippen LogP contribution >= 0.6 is 0 Å². The van der Waals surface area contributed by atoms with Crippen molar-refractivity contribution in [3.63, 3.8) is 0 Å². The molecule has 4 rings (SSSR count). The third-order valence-corrected chi connectivity index (χ3v) is 4.30. The molecule has 1 amide bonds. The summed E-state index contributed by atoms with van der Waals surface area (Å²) < 4.78 is 1.91. The van der Waals surface area contributed by atoms with E-state index in [9.17, 15) is 4.79 Å². The molecule has 0 bridgehead atoms. The number of rotatable bonds is 2. The zero-order valence-corrected chi connectivity index (χ0v) is 13.2. The maximum atomic E-state index is 12.7. The van der Waals surface area contributed by atoms with Gasteiger partial charge in [0, 0.05) is 39.6 Å². The Bertz CT molecular complexity index is 872. The Morgan fingerprint density at radius 2 is 1.74 bits per heavy atom. The fraction of sp³-hybridized carbons (Fsp3) is 0.222. The molecule has 0 aliphatic carbocycles. The minimum Gasteiger partial charge on any atom is -0.376 e. The van der Waals surface area contributed by atoms with E-state index in [0.717, 1.165) is 11.3 Å². The molecule has 0 fully saturated rings. The Kier molecular flexibility index (Phi) is 3.08. The van der Waals surface area contributed by atoms with Crippen LogP contribution in [0.5, 0.6) is 0 Å². The lowest BCUT2D eigenvalue weighted by Crippen LogP contribution is -2.25. The number of carbonyl (C=O) groups is 1. The summed E-state index contributed by atoms with van der Waals surface area (Å²) in [6.07, 6.45) is 3.80. The summed E-state index contributed by atoms with van der Waals surface area (Å²) in [4.78, 5) is 21.1. The minimum absolute atomic E-state index is 0.0173. The van der Waals surface area contributed by atoms with Crippen molar-refractivity contribution in [3.8, 4) is 0 Å². The molecule has 0 atom stereocenters. The van der Waals surface area contributed by atoms with Gasteiger partial charge in [-0.15, -0.1) is 0 Å². The van der Waals surface area contributed by atoms with Crippen molar-refractivity contribution in [2.24, 2.45) is 0 Å². The van der Waals surface area contributed by atoms with Crippen LogP contribution in [0.3, 0.4) is 0 Å². The molecule has 1 aliphatic heterocycles. The number of anilines is 1. The molecular formula is C18H18N4O. The Morgan fingerprint density at radius 1 is 1.04 bits per heavy atom. The number of aromatic nitrogens is 2. The van der Waals surface area contributed by atoms with E-state index in [1.165, 1.54) is 11.1 Å². The molecule has 3 heterocycles. The largest absolute Gasteiger partial charge is 0.376 e. The topological polar surface area (TPSA) is 40.9 Å². The zero-order chi connectivity index (χ0) is 16.0. The van der Waals surface area contributed by atoms with Gasteiger partial charge in [0.15, 0.2) is 0 Å². The number of hydrogen-bond donors (Lipinski definition) is 0. The maximum Gasteiger partial charge on any atom is 0.274 e. The Balaban J connectivity index is 1.63. The average Bonchev–Trinajstić information content (AvgIpc) is 3.16. The molecule has 5 nitrogen and oxygen atoms in total. The van der Waals surface area contributed by atoms with E-state index < -0.39 is 0 Å². The van der Waals surface area contributed by atoms with Crippen LogP contribution < -0.4 is 4.90 Å². The number of fused-ring (bicyclic) bond motifs is 2. The normalized spacial score (nSPS) is 13.4. The Morgan fingerprint density at radius 3 is 2.39 bits per heavy atom. The highest BCUT2D eigenvalue weighted by atomic mass is 16.2. The molecule has 3 aromatic rings. The van der Waals surface area contributed by atoms with Crippen LogP contribution in [0.25, 0.3) is 5.65 Å². The average molecular weight is 306 g/mol. The van der Waals surface area contributed by atoms with Gasteiger partial charge in [-0.2, -0.15) is 0 Å². The van der Waals surface area contributed by atoms with Gasteiger partial charge in [0.2, 0.25) is 0 Å². The molecule has 0 saturated heterocycles. The van der Waals surface area contributed by atoms with Gasteiger partial charge in [-0.05, 0) is 23.3 Å². The van der Waals surface area contributed by atoms with Crippen molar-refractivity contribution in [2.45, 2.75) is 13.1 Å². The fourth-order valence-corrected chi connectivity index (χ4v) is 2.99. The first-order valence-electron chi connectivity index (χ1n) is 7.64. The number of pyridine rings is 1. The molecular weight excluding hydrogens is 288 g/mol.